The van der Waals surface area contributed by atoms with Gasteiger partial charge in [0.05, 0.1) is 3.57 Å². The van der Waals surface area contributed by atoms with Gasteiger partial charge in [0.2, 0.25) is 5.91 Å². The van der Waals surface area contributed by atoms with Crippen molar-refractivity contribution in [3.8, 4) is 0 Å². The maximum atomic E-state index is 11.0. The molecule has 0 unspecified atom stereocenters. The van der Waals surface area contributed by atoms with Crippen molar-refractivity contribution in [3.63, 3.8) is 0 Å². The fraction of sp³-hybridized carbons (Fsp3) is 0.545. The Bertz CT molecular complexity index is 404. The third-order valence-electron chi connectivity index (χ3n) is 2.85. The lowest BCUT2D eigenvalue weighted by molar-refractivity contribution is -0.119. The zero-order valence-electron chi connectivity index (χ0n) is 9.69. The van der Waals surface area contributed by atoms with Crippen molar-refractivity contribution in [2.45, 2.75) is 25.8 Å². The van der Waals surface area contributed by atoms with Crippen LogP contribution in [0.2, 0.25) is 0 Å². The minimum Gasteiger partial charge on any atom is -0.355 e. The van der Waals surface area contributed by atoms with Gasteiger partial charge in [0.25, 0.3) is 0 Å². The fourth-order valence-corrected chi connectivity index (χ4v) is 2.70. The Kier molecular flexibility index (Phi) is 4.14. The number of hydrogen-bond acceptors (Lipinski definition) is 4. The van der Waals surface area contributed by atoms with Gasteiger partial charge in [0.1, 0.15) is 12.1 Å². The second-order valence-electron chi connectivity index (χ2n) is 4.16. The second-order valence-corrected chi connectivity index (χ2v) is 5.32. The first-order chi connectivity index (χ1) is 8.16. The lowest BCUT2D eigenvalue weighted by Crippen LogP contribution is -2.44. The molecule has 5 nitrogen and oxygen atoms in total. The first-order valence-electron chi connectivity index (χ1n) is 5.64. The van der Waals surface area contributed by atoms with Crippen molar-refractivity contribution in [2.75, 3.05) is 18.0 Å². The monoisotopic (exact) mass is 346 g/mol. The number of nitrogens with zero attached hydrogens (tertiary/aromatic N) is 3. The summed E-state index contributed by atoms with van der Waals surface area (Å²) in [7, 11) is 0. The number of carbonyl (C=O) groups is 1. The molecule has 1 amide bonds. The Morgan fingerprint density at radius 1 is 1.53 bits per heavy atom. The lowest BCUT2D eigenvalue weighted by Gasteiger charge is -2.33. The topological polar surface area (TPSA) is 58.1 Å². The molecular weight excluding hydrogens is 331 g/mol. The van der Waals surface area contributed by atoms with E-state index in [-0.39, 0.29) is 5.91 Å². The van der Waals surface area contributed by atoms with Gasteiger partial charge in [-0.25, -0.2) is 9.97 Å². The molecule has 1 saturated heterocycles. The summed E-state index contributed by atoms with van der Waals surface area (Å²) in [5, 5.41) is 2.97. The van der Waals surface area contributed by atoms with Crippen LogP contribution in [0.25, 0.3) is 0 Å². The normalized spacial score (nSPS) is 16.9. The number of piperidine rings is 1. The average Bonchev–Trinajstić information content (AvgIpc) is 2.30. The Morgan fingerprint density at radius 2 is 2.24 bits per heavy atom. The highest BCUT2D eigenvalue weighted by molar-refractivity contribution is 14.1. The Hall–Kier alpha value is -0.920. The number of carbonyl (C=O) groups excluding carboxylic acids is 1. The number of aromatic nitrogens is 2. The summed E-state index contributed by atoms with van der Waals surface area (Å²) in [6.45, 7) is 3.43. The van der Waals surface area contributed by atoms with Gasteiger partial charge in [-0.1, -0.05) is 0 Å². The SMILES string of the molecule is CC(=O)NC1CCN(c2ncncc2I)CC1. The van der Waals surface area contributed by atoms with Crippen molar-refractivity contribution >= 4 is 34.3 Å². The van der Waals surface area contributed by atoms with Crippen LogP contribution >= 0.6 is 22.6 Å². The third-order valence-corrected chi connectivity index (χ3v) is 3.61. The summed E-state index contributed by atoms with van der Waals surface area (Å²) >= 11 is 2.25. The molecule has 0 saturated carbocycles. The molecular formula is C11H15IN4O. The molecule has 2 rings (SSSR count). The molecule has 1 aromatic heterocycles. The van der Waals surface area contributed by atoms with Crippen LogP contribution in [0.3, 0.4) is 0 Å². The zero-order chi connectivity index (χ0) is 12.3. The first-order valence-corrected chi connectivity index (χ1v) is 6.72. The van der Waals surface area contributed by atoms with E-state index in [4.69, 9.17) is 0 Å². The molecule has 0 atom stereocenters. The summed E-state index contributed by atoms with van der Waals surface area (Å²) < 4.78 is 1.07. The van der Waals surface area contributed by atoms with Gasteiger partial charge in [-0.2, -0.15) is 0 Å². The van der Waals surface area contributed by atoms with Crippen LogP contribution in [0.15, 0.2) is 12.5 Å². The van der Waals surface area contributed by atoms with Crippen LogP contribution < -0.4 is 10.2 Å². The maximum absolute atomic E-state index is 11.0. The number of nitrogens with one attached hydrogen (secondary N) is 1. The highest BCUT2D eigenvalue weighted by Crippen LogP contribution is 2.22. The number of hydrogen-bond donors (Lipinski definition) is 1. The molecule has 0 aromatic carbocycles. The van der Waals surface area contributed by atoms with E-state index in [2.05, 4.69) is 42.8 Å². The molecule has 2 heterocycles. The molecule has 1 fully saturated rings. The third kappa shape index (κ3) is 3.27. The fourth-order valence-electron chi connectivity index (χ4n) is 2.06. The van der Waals surface area contributed by atoms with Crippen molar-refractivity contribution in [1.29, 1.82) is 0 Å². The van der Waals surface area contributed by atoms with E-state index in [1.807, 2.05) is 6.20 Å². The summed E-state index contributed by atoms with van der Waals surface area (Å²) in [4.78, 5) is 21.5. The molecule has 0 bridgehead atoms. The van der Waals surface area contributed by atoms with E-state index in [0.717, 1.165) is 35.3 Å². The standard InChI is InChI=1S/C11H15IN4O/c1-8(17)15-9-2-4-16(5-3-9)11-10(12)6-13-7-14-11/h6-7,9H,2-5H2,1H3,(H,15,17). The molecule has 1 aliphatic rings. The van der Waals surface area contributed by atoms with Gasteiger partial charge >= 0.3 is 0 Å². The minimum absolute atomic E-state index is 0.0556. The lowest BCUT2D eigenvalue weighted by atomic mass is 10.1. The molecule has 0 aliphatic carbocycles. The molecule has 6 heteroatoms. The maximum Gasteiger partial charge on any atom is 0.217 e. The van der Waals surface area contributed by atoms with Gasteiger partial charge in [-0.3, -0.25) is 4.79 Å². The largest absolute Gasteiger partial charge is 0.355 e. The van der Waals surface area contributed by atoms with Gasteiger partial charge in [-0.05, 0) is 35.4 Å². The van der Waals surface area contributed by atoms with E-state index in [1.54, 1.807) is 13.3 Å². The molecule has 1 N–H and O–H groups in total. The van der Waals surface area contributed by atoms with Crippen LogP contribution in [0.1, 0.15) is 19.8 Å². The van der Waals surface area contributed by atoms with Crippen LogP contribution in [-0.2, 0) is 4.79 Å². The van der Waals surface area contributed by atoms with E-state index in [0.29, 0.717) is 6.04 Å². The van der Waals surface area contributed by atoms with Crippen LogP contribution in [0, 0.1) is 3.57 Å². The molecule has 1 aliphatic heterocycles. The molecule has 0 radical (unpaired) electrons. The molecule has 17 heavy (non-hydrogen) atoms. The Morgan fingerprint density at radius 3 is 2.82 bits per heavy atom. The van der Waals surface area contributed by atoms with Crippen molar-refractivity contribution < 1.29 is 4.79 Å². The van der Waals surface area contributed by atoms with Crippen LogP contribution in [0.5, 0.6) is 0 Å². The summed E-state index contributed by atoms with van der Waals surface area (Å²) in [6, 6.07) is 0.309. The van der Waals surface area contributed by atoms with Gasteiger partial charge in [0.15, 0.2) is 0 Å². The van der Waals surface area contributed by atoms with E-state index < -0.39 is 0 Å². The minimum atomic E-state index is 0.0556. The number of rotatable bonds is 2. The number of amides is 1. The van der Waals surface area contributed by atoms with Crippen LogP contribution in [-0.4, -0.2) is 35.0 Å². The van der Waals surface area contributed by atoms with E-state index in [9.17, 15) is 4.79 Å². The predicted molar refractivity (Wildman–Crippen MR) is 73.8 cm³/mol. The zero-order valence-corrected chi connectivity index (χ0v) is 11.8. The quantitative estimate of drug-likeness (QED) is 0.818. The second kappa shape index (κ2) is 5.61. The summed E-state index contributed by atoms with van der Waals surface area (Å²) in [6.07, 6.45) is 5.35. The highest BCUT2D eigenvalue weighted by atomic mass is 127. The number of anilines is 1. The Balaban J connectivity index is 1.95. The predicted octanol–water partition coefficient (Wildman–Crippen LogP) is 1.19. The molecule has 1 aromatic rings. The van der Waals surface area contributed by atoms with E-state index in [1.165, 1.54) is 0 Å². The highest BCUT2D eigenvalue weighted by Gasteiger charge is 2.21. The van der Waals surface area contributed by atoms with Crippen molar-refractivity contribution in [3.05, 3.63) is 16.1 Å². The van der Waals surface area contributed by atoms with Crippen molar-refractivity contribution in [2.24, 2.45) is 0 Å². The molecule has 92 valence electrons. The first kappa shape index (κ1) is 12.5. The van der Waals surface area contributed by atoms with Crippen molar-refractivity contribution in [1.82, 2.24) is 15.3 Å². The number of halogens is 1. The van der Waals surface area contributed by atoms with Crippen LogP contribution in [0.4, 0.5) is 5.82 Å². The van der Waals surface area contributed by atoms with Gasteiger partial charge in [-0.15, -0.1) is 0 Å². The average molecular weight is 346 g/mol. The molecule has 0 spiro atoms. The Labute approximate surface area is 114 Å². The van der Waals surface area contributed by atoms with E-state index >= 15 is 0 Å². The van der Waals surface area contributed by atoms with Gasteiger partial charge < -0.3 is 10.2 Å². The summed E-state index contributed by atoms with van der Waals surface area (Å²) in [5.74, 6) is 1.06. The smallest absolute Gasteiger partial charge is 0.217 e. The van der Waals surface area contributed by atoms with Gasteiger partial charge in [0, 0.05) is 32.3 Å². The summed E-state index contributed by atoms with van der Waals surface area (Å²) in [5.41, 5.74) is 0.